The van der Waals surface area contributed by atoms with Gasteiger partial charge in [0.25, 0.3) is 5.91 Å². The third kappa shape index (κ3) is 4.87. The second-order valence-corrected chi connectivity index (χ2v) is 8.85. The molecule has 1 atom stereocenters. The maximum absolute atomic E-state index is 12.8. The Bertz CT molecular complexity index is 1120. The molecule has 0 saturated heterocycles. The van der Waals surface area contributed by atoms with Crippen LogP contribution in [0.4, 0.5) is 18.9 Å². The van der Waals surface area contributed by atoms with Crippen LogP contribution in [0, 0.1) is 0 Å². The number of carbonyl (C=O) groups is 1. The molecule has 13 heteroatoms. The number of anilines is 1. The van der Waals surface area contributed by atoms with Crippen LogP contribution in [0.25, 0.3) is 0 Å². The number of hydrogen-bond acceptors (Lipinski definition) is 6. The van der Waals surface area contributed by atoms with Crippen LogP contribution in [0.3, 0.4) is 0 Å². The first-order chi connectivity index (χ1) is 14.3. The lowest BCUT2D eigenvalue weighted by atomic mass is 10.1. The molecule has 0 spiro atoms. The molecule has 0 aliphatic carbocycles. The quantitative estimate of drug-likeness (QED) is 0.586. The van der Waals surface area contributed by atoms with Gasteiger partial charge in [-0.25, -0.2) is 13.1 Å². The van der Waals surface area contributed by atoms with Crippen LogP contribution in [0.1, 0.15) is 12.5 Å². The number of halogens is 4. The summed E-state index contributed by atoms with van der Waals surface area (Å²) in [6.45, 7) is 0.281. The lowest BCUT2D eigenvalue weighted by molar-refractivity contribution is -0.242. The highest BCUT2D eigenvalue weighted by Crippen LogP contribution is 2.34. The van der Waals surface area contributed by atoms with Gasteiger partial charge in [-0.1, -0.05) is 17.7 Å². The van der Waals surface area contributed by atoms with E-state index in [2.05, 4.69) is 4.72 Å². The van der Waals surface area contributed by atoms with Crippen molar-refractivity contribution in [1.82, 2.24) is 4.72 Å². The van der Waals surface area contributed by atoms with Gasteiger partial charge in [-0.05, 0) is 42.8 Å². The molecule has 1 aliphatic heterocycles. The van der Waals surface area contributed by atoms with Crippen LogP contribution in [0.2, 0.25) is 5.02 Å². The van der Waals surface area contributed by atoms with Crippen molar-refractivity contribution < 1.29 is 41.0 Å². The molecule has 0 saturated carbocycles. The minimum atomic E-state index is -5.22. The number of nitrogens with one attached hydrogen (secondary N) is 2. The van der Waals surface area contributed by atoms with E-state index >= 15 is 0 Å². The van der Waals surface area contributed by atoms with Gasteiger partial charge >= 0.3 is 6.18 Å². The average molecular weight is 481 g/mol. The highest BCUT2D eigenvalue weighted by molar-refractivity contribution is 7.89. The van der Waals surface area contributed by atoms with Gasteiger partial charge in [-0.3, -0.25) is 4.79 Å². The van der Waals surface area contributed by atoms with E-state index in [1.165, 1.54) is 0 Å². The van der Waals surface area contributed by atoms with Gasteiger partial charge in [-0.2, -0.15) is 13.2 Å². The van der Waals surface area contributed by atoms with Crippen molar-refractivity contribution in [2.24, 2.45) is 0 Å². The van der Waals surface area contributed by atoms with Gasteiger partial charge in [0.15, 0.2) is 11.5 Å². The van der Waals surface area contributed by atoms with Crippen molar-refractivity contribution >= 4 is 33.2 Å². The Balaban J connectivity index is 1.71. The summed E-state index contributed by atoms with van der Waals surface area (Å²) in [7, 11) is -4.04. The number of aliphatic hydroxyl groups is 1. The van der Waals surface area contributed by atoms with E-state index in [1.807, 2.05) is 5.32 Å². The topological polar surface area (TPSA) is 114 Å². The molecule has 168 valence electrons. The molecule has 1 amide bonds. The molecule has 3 N–H and O–H groups in total. The molecule has 2 aromatic rings. The Hall–Kier alpha value is -2.54. The molecule has 2 aromatic carbocycles. The third-order valence-electron chi connectivity index (χ3n) is 4.40. The average Bonchev–Trinajstić information content (AvgIpc) is 3.14. The second-order valence-electron chi connectivity index (χ2n) is 6.68. The number of benzene rings is 2. The Labute approximate surface area is 180 Å². The number of amides is 1. The molecule has 3 rings (SSSR count). The van der Waals surface area contributed by atoms with Gasteiger partial charge < -0.3 is 19.9 Å². The van der Waals surface area contributed by atoms with E-state index in [0.29, 0.717) is 17.1 Å². The first-order valence-corrected chi connectivity index (χ1v) is 10.5. The van der Waals surface area contributed by atoms with Crippen LogP contribution in [-0.4, -0.2) is 38.0 Å². The number of hydrogen-bond donors (Lipinski definition) is 3. The summed E-state index contributed by atoms with van der Waals surface area (Å²) in [4.78, 5) is 11.5. The van der Waals surface area contributed by atoms with Crippen LogP contribution in [0.5, 0.6) is 11.5 Å². The maximum Gasteiger partial charge on any atom is 0.426 e. The number of alkyl halides is 3. The number of sulfonamides is 1. The number of rotatable bonds is 6. The van der Waals surface area contributed by atoms with Crippen molar-refractivity contribution in [3.63, 3.8) is 0 Å². The predicted molar refractivity (Wildman–Crippen MR) is 103 cm³/mol. The van der Waals surface area contributed by atoms with E-state index in [-0.39, 0.29) is 35.9 Å². The fourth-order valence-electron chi connectivity index (χ4n) is 2.45. The lowest BCUT2D eigenvalue weighted by Gasteiger charge is -2.25. The van der Waals surface area contributed by atoms with Crippen LogP contribution >= 0.6 is 11.6 Å². The Kier molecular flexibility index (Phi) is 6.11. The molecular formula is C18H16ClF3N2O6S. The summed E-state index contributed by atoms with van der Waals surface area (Å²) in [5.41, 5.74) is -3.36. The standard InChI is InChI=1S/C18H16ClF3N2O6S/c1-17(26,18(20,21)22)16(25)24-13-4-3-11(7-12(13)19)31(27,28)23-8-10-2-5-14-15(6-10)30-9-29-14/h2-7,23,26H,8-9H2,1H3,(H,24,25)/t17-/m1/s1. The molecule has 31 heavy (non-hydrogen) atoms. The minimum absolute atomic E-state index is 0.0737. The largest absolute Gasteiger partial charge is 0.454 e. The summed E-state index contributed by atoms with van der Waals surface area (Å²) in [5, 5.41) is 10.9. The minimum Gasteiger partial charge on any atom is -0.454 e. The molecule has 1 aliphatic rings. The molecule has 1 heterocycles. The molecule has 0 aromatic heterocycles. The molecule has 0 bridgehead atoms. The maximum atomic E-state index is 12.8. The van der Waals surface area contributed by atoms with E-state index in [1.54, 1.807) is 18.2 Å². The van der Waals surface area contributed by atoms with E-state index in [9.17, 15) is 31.5 Å². The Morgan fingerprint density at radius 1 is 1.16 bits per heavy atom. The smallest absolute Gasteiger partial charge is 0.426 e. The summed E-state index contributed by atoms with van der Waals surface area (Å²) in [6.07, 6.45) is -5.22. The normalized spacial score (nSPS) is 15.4. The molecule has 0 fully saturated rings. The van der Waals surface area contributed by atoms with E-state index in [0.717, 1.165) is 18.2 Å². The zero-order valence-corrected chi connectivity index (χ0v) is 17.4. The zero-order chi connectivity index (χ0) is 23.0. The van der Waals surface area contributed by atoms with Crippen LogP contribution in [0.15, 0.2) is 41.3 Å². The fraction of sp³-hybridized carbons (Fsp3) is 0.278. The number of carbonyl (C=O) groups excluding carboxylic acids is 1. The Morgan fingerprint density at radius 3 is 2.48 bits per heavy atom. The number of ether oxygens (including phenoxy) is 2. The highest BCUT2D eigenvalue weighted by atomic mass is 35.5. The van der Waals surface area contributed by atoms with Crippen molar-refractivity contribution in [1.29, 1.82) is 0 Å². The Morgan fingerprint density at radius 2 is 1.84 bits per heavy atom. The summed E-state index contributed by atoms with van der Waals surface area (Å²) in [6, 6.07) is 7.92. The SMILES string of the molecule is C[C@@](O)(C(=O)Nc1ccc(S(=O)(=O)NCc2ccc3c(c2)OCO3)cc1Cl)C(F)(F)F. The van der Waals surface area contributed by atoms with Crippen molar-refractivity contribution in [3.8, 4) is 11.5 Å². The van der Waals surface area contributed by atoms with E-state index in [4.69, 9.17) is 21.1 Å². The number of fused-ring (bicyclic) bond motifs is 1. The predicted octanol–water partition coefficient (Wildman–Crippen LogP) is 2.80. The van der Waals surface area contributed by atoms with E-state index < -0.39 is 27.7 Å². The third-order valence-corrected chi connectivity index (χ3v) is 6.11. The van der Waals surface area contributed by atoms with Gasteiger partial charge in [0.1, 0.15) is 0 Å². The first-order valence-electron chi connectivity index (χ1n) is 8.59. The van der Waals surface area contributed by atoms with Crippen molar-refractivity contribution in [2.45, 2.75) is 30.1 Å². The summed E-state index contributed by atoms with van der Waals surface area (Å²) >= 11 is 5.92. The molecular weight excluding hydrogens is 465 g/mol. The monoisotopic (exact) mass is 480 g/mol. The first kappa shape index (κ1) is 23.1. The molecule has 8 nitrogen and oxygen atoms in total. The summed E-state index contributed by atoms with van der Waals surface area (Å²) < 4.78 is 76.1. The zero-order valence-electron chi connectivity index (χ0n) is 15.8. The van der Waals surface area contributed by atoms with Crippen molar-refractivity contribution in [2.75, 3.05) is 12.1 Å². The van der Waals surface area contributed by atoms with Gasteiger partial charge in [-0.15, -0.1) is 0 Å². The molecule has 0 radical (unpaired) electrons. The lowest BCUT2D eigenvalue weighted by Crippen LogP contribution is -2.52. The van der Waals surface area contributed by atoms with Crippen LogP contribution in [-0.2, 0) is 21.4 Å². The fourth-order valence-corrected chi connectivity index (χ4v) is 3.79. The van der Waals surface area contributed by atoms with Gasteiger partial charge in [0, 0.05) is 6.54 Å². The highest BCUT2D eigenvalue weighted by Gasteiger charge is 2.55. The van der Waals surface area contributed by atoms with Gasteiger partial charge in [0.2, 0.25) is 22.4 Å². The second kappa shape index (κ2) is 8.19. The van der Waals surface area contributed by atoms with Crippen molar-refractivity contribution in [3.05, 3.63) is 47.0 Å². The summed E-state index contributed by atoms with van der Waals surface area (Å²) in [5.74, 6) is -0.742. The molecule has 0 unspecified atom stereocenters. The van der Waals surface area contributed by atoms with Gasteiger partial charge in [0.05, 0.1) is 15.6 Å². The van der Waals surface area contributed by atoms with Crippen LogP contribution < -0.4 is 19.5 Å².